The molecule has 1 N–H and O–H groups in total. The lowest BCUT2D eigenvalue weighted by atomic mass is 10.1. The lowest BCUT2D eigenvalue weighted by Crippen LogP contribution is -2.34. The first kappa shape index (κ1) is 25.3. The van der Waals surface area contributed by atoms with E-state index in [0.717, 1.165) is 43.7 Å². The number of para-hydroxylation sites is 1. The minimum atomic E-state index is -0.148. The Morgan fingerprint density at radius 3 is 2.44 bits per heavy atom. The molecule has 0 fully saturated rings. The minimum Gasteiger partial charge on any atom is -0.497 e. The van der Waals surface area contributed by atoms with E-state index in [0.29, 0.717) is 22.9 Å². The van der Waals surface area contributed by atoms with Crippen molar-refractivity contribution in [3.05, 3.63) is 60.3 Å². The van der Waals surface area contributed by atoms with Crippen molar-refractivity contribution in [3.8, 4) is 28.4 Å². The molecule has 3 rings (SSSR count). The molecule has 0 radical (unpaired) electrons. The predicted octanol–water partition coefficient (Wildman–Crippen LogP) is 4.80. The van der Waals surface area contributed by atoms with Gasteiger partial charge in [0.05, 0.1) is 25.6 Å². The van der Waals surface area contributed by atoms with E-state index in [1.807, 2.05) is 54.6 Å². The van der Waals surface area contributed by atoms with Gasteiger partial charge in [-0.05, 0) is 69.7 Å². The Hall–Kier alpha value is -3.32. The lowest BCUT2D eigenvalue weighted by molar-refractivity contribution is 0.0929. The van der Waals surface area contributed by atoms with E-state index in [-0.39, 0.29) is 11.9 Å². The van der Waals surface area contributed by atoms with Gasteiger partial charge in [0.15, 0.2) is 0 Å². The number of hydrogen-bond donors (Lipinski definition) is 1. The molecule has 34 heavy (non-hydrogen) atoms. The number of ether oxygens (including phenoxy) is 2. The molecule has 2 aromatic carbocycles. The Balaban J connectivity index is 1.86. The summed E-state index contributed by atoms with van der Waals surface area (Å²) in [4.78, 5) is 15.7. The van der Waals surface area contributed by atoms with Crippen LogP contribution in [-0.4, -0.2) is 60.5 Å². The fourth-order valence-electron chi connectivity index (χ4n) is 3.98. The van der Waals surface area contributed by atoms with Crippen molar-refractivity contribution < 1.29 is 14.3 Å². The van der Waals surface area contributed by atoms with Gasteiger partial charge in [0, 0.05) is 17.7 Å². The zero-order chi connectivity index (χ0) is 24.5. The van der Waals surface area contributed by atoms with Crippen molar-refractivity contribution >= 4 is 5.91 Å². The van der Waals surface area contributed by atoms with E-state index < -0.39 is 0 Å². The highest BCUT2D eigenvalue weighted by atomic mass is 16.5. The number of aromatic nitrogens is 2. The first-order chi connectivity index (χ1) is 16.5. The van der Waals surface area contributed by atoms with Crippen LogP contribution in [0.25, 0.3) is 16.9 Å². The molecule has 1 heterocycles. The van der Waals surface area contributed by atoms with E-state index in [1.54, 1.807) is 18.9 Å². The maximum atomic E-state index is 13.3. The molecule has 1 aromatic heterocycles. The Kier molecular flexibility index (Phi) is 9.10. The van der Waals surface area contributed by atoms with Crippen LogP contribution in [0.3, 0.4) is 0 Å². The van der Waals surface area contributed by atoms with Crippen LogP contribution in [-0.2, 0) is 0 Å². The molecule has 3 aromatic rings. The van der Waals surface area contributed by atoms with Gasteiger partial charge in [-0.25, -0.2) is 4.68 Å². The summed E-state index contributed by atoms with van der Waals surface area (Å²) >= 11 is 0. The third kappa shape index (κ3) is 6.17. The highest BCUT2D eigenvalue weighted by Gasteiger charge is 2.21. The molecule has 1 atom stereocenters. The van der Waals surface area contributed by atoms with E-state index in [2.05, 4.69) is 31.0 Å². The van der Waals surface area contributed by atoms with E-state index >= 15 is 0 Å². The molecular formula is C27H36N4O3. The molecule has 0 aliphatic carbocycles. The van der Waals surface area contributed by atoms with Gasteiger partial charge in [-0.2, -0.15) is 5.10 Å². The number of hydrogen-bond acceptors (Lipinski definition) is 5. The zero-order valence-corrected chi connectivity index (χ0v) is 20.9. The number of nitrogens with one attached hydrogen (secondary N) is 1. The second-order valence-corrected chi connectivity index (χ2v) is 8.27. The van der Waals surface area contributed by atoms with Crippen LogP contribution in [0.15, 0.2) is 54.6 Å². The second kappa shape index (κ2) is 12.2. The minimum absolute atomic E-state index is 0.0566. The van der Waals surface area contributed by atoms with Crippen molar-refractivity contribution in [3.63, 3.8) is 0 Å². The molecule has 1 amide bonds. The second-order valence-electron chi connectivity index (χ2n) is 8.27. The predicted molar refractivity (Wildman–Crippen MR) is 136 cm³/mol. The van der Waals surface area contributed by atoms with Crippen LogP contribution >= 0.6 is 0 Å². The van der Waals surface area contributed by atoms with Crippen molar-refractivity contribution in [2.75, 3.05) is 33.9 Å². The Bertz CT molecular complexity index is 1060. The average molecular weight is 465 g/mol. The van der Waals surface area contributed by atoms with Gasteiger partial charge >= 0.3 is 0 Å². The monoisotopic (exact) mass is 464 g/mol. The van der Waals surface area contributed by atoms with Gasteiger partial charge in [0.1, 0.15) is 17.2 Å². The fraction of sp³-hybridized carbons (Fsp3) is 0.407. The molecule has 0 aliphatic rings. The summed E-state index contributed by atoms with van der Waals surface area (Å²) in [5.74, 6) is 1.18. The molecule has 182 valence electrons. The third-order valence-corrected chi connectivity index (χ3v) is 6.01. The van der Waals surface area contributed by atoms with Gasteiger partial charge in [-0.3, -0.25) is 4.79 Å². The quantitative estimate of drug-likeness (QED) is 0.417. The number of carbonyl (C=O) groups excluding carboxylic acids is 1. The number of amides is 1. The molecular weight excluding hydrogens is 428 g/mol. The Morgan fingerprint density at radius 1 is 1.06 bits per heavy atom. The summed E-state index contributed by atoms with van der Waals surface area (Å²) in [5.41, 5.74) is 2.75. The summed E-state index contributed by atoms with van der Waals surface area (Å²) in [7, 11) is 3.23. The van der Waals surface area contributed by atoms with Gasteiger partial charge in [-0.1, -0.05) is 32.0 Å². The number of methoxy groups -OCH3 is 2. The molecule has 0 spiro atoms. The molecule has 0 saturated carbocycles. The summed E-state index contributed by atoms with van der Waals surface area (Å²) in [6.07, 6.45) is 1.95. The topological polar surface area (TPSA) is 68.6 Å². The number of nitrogens with zero attached hydrogens (tertiary/aromatic N) is 3. The lowest BCUT2D eigenvalue weighted by Gasteiger charge is -2.20. The highest BCUT2D eigenvalue weighted by molar-refractivity contribution is 5.94. The van der Waals surface area contributed by atoms with E-state index in [9.17, 15) is 4.79 Å². The van der Waals surface area contributed by atoms with Gasteiger partial charge in [0.25, 0.3) is 5.91 Å². The van der Waals surface area contributed by atoms with Crippen LogP contribution in [0.1, 0.15) is 44.1 Å². The molecule has 1 unspecified atom stereocenters. The van der Waals surface area contributed by atoms with Gasteiger partial charge in [-0.15, -0.1) is 0 Å². The molecule has 0 bridgehead atoms. The maximum Gasteiger partial charge on any atom is 0.270 e. The standard InChI is InChI=1S/C27H36N4O3/c1-6-30(7-2)17-11-12-20(3)28-27(32)25-19-24(29-31(25)21-13-9-8-10-14-21)23-16-15-22(33-4)18-26(23)34-5/h8-10,13-16,18-20H,6-7,11-12,17H2,1-5H3,(H,28,32). The zero-order valence-electron chi connectivity index (χ0n) is 20.9. The summed E-state index contributed by atoms with van der Waals surface area (Å²) < 4.78 is 12.6. The Labute approximate surface area is 202 Å². The number of rotatable bonds is 12. The van der Waals surface area contributed by atoms with Crippen molar-refractivity contribution in [2.24, 2.45) is 0 Å². The molecule has 7 heteroatoms. The SMILES string of the molecule is CCN(CC)CCCC(C)NC(=O)c1cc(-c2ccc(OC)cc2OC)nn1-c1ccccc1. The van der Waals surface area contributed by atoms with Crippen LogP contribution in [0.5, 0.6) is 11.5 Å². The number of carbonyl (C=O) groups is 1. The van der Waals surface area contributed by atoms with E-state index in [1.165, 1.54) is 0 Å². The van der Waals surface area contributed by atoms with Crippen LogP contribution in [0.2, 0.25) is 0 Å². The average Bonchev–Trinajstić information content (AvgIpc) is 3.32. The van der Waals surface area contributed by atoms with Crippen molar-refractivity contribution in [2.45, 2.75) is 39.7 Å². The Morgan fingerprint density at radius 2 is 1.79 bits per heavy atom. The van der Waals surface area contributed by atoms with Crippen molar-refractivity contribution in [1.29, 1.82) is 0 Å². The smallest absolute Gasteiger partial charge is 0.270 e. The highest BCUT2D eigenvalue weighted by Crippen LogP contribution is 2.33. The maximum absolute atomic E-state index is 13.3. The van der Waals surface area contributed by atoms with Gasteiger partial charge < -0.3 is 19.7 Å². The largest absolute Gasteiger partial charge is 0.497 e. The summed E-state index contributed by atoms with van der Waals surface area (Å²) in [5, 5.41) is 7.94. The first-order valence-electron chi connectivity index (χ1n) is 11.9. The van der Waals surface area contributed by atoms with Gasteiger partial charge in [0.2, 0.25) is 0 Å². The van der Waals surface area contributed by atoms with Crippen LogP contribution in [0, 0.1) is 0 Å². The number of benzene rings is 2. The first-order valence-corrected chi connectivity index (χ1v) is 11.9. The molecule has 7 nitrogen and oxygen atoms in total. The molecule has 0 saturated heterocycles. The summed E-state index contributed by atoms with van der Waals surface area (Å²) in [6, 6.07) is 17.1. The molecule has 0 aliphatic heterocycles. The normalized spacial score (nSPS) is 11.9. The van der Waals surface area contributed by atoms with E-state index in [4.69, 9.17) is 14.6 Å². The van der Waals surface area contributed by atoms with Crippen molar-refractivity contribution in [1.82, 2.24) is 20.0 Å². The summed E-state index contributed by atoms with van der Waals surface area (Å²) in [6.45, 7) is 9.53. The van der Waals surface area contributed by atoms with Crippen LogP contribution < -0.4 is 14.8 Å². The third-order valence-electron chi connectivity index (χ3n) is 6.01. The fourth-order valence-corrected chi connectivity index (χ4v) is 3.98. The van der Waals surface area contributed by atoms with Crippen LogP contribution in [0.4, 0.5) is 0 Å².